The summed E-state index contributed by atoms with van der Waals surface area (Å²) in [5, 5.41) is 20.6. The second kappa shape index (κ2) is 14.0. The molecule has 4 rings (SSSR count). The highest BCUT2D eigenvalue weighted by atomic mass is 35.5. The van der Waals surface area contributed by atoms with Gasteiger partial charge in [-0.05, 0) is 103 Å². The molecule has 6 heteroatoms. The smallest absolute Gasteiger partial charge is 0.303 e. The van der Waals surface area contributed by atoms with E-state index >= 15 is 0 Å². The van der Waals surface area contributed by atoms with Crippen molar-refractivity contribution in [3.8, 4) is 0 Å². The lowest BCUT2D eigenvalue weighted by atomic mass is 9.90. The van der Waals surface area contributed by atoms with E-state index < -0.39 is 22.4 Å². The van der Waals surface area contributed by atoms with E-state index in [0.29, 0.717) is 23.6 Å². The van der Waals surface area contributed by atoms with Crippen LogP contribution in [0.25, 0.3) is 12.2 Å². The van der Waals surface area contributed by atoms with Crippen molar-refractivity contribution in [1.82, 2.24) is 0 Å². The SMILES string of the molecule is C=C(/C=C\c1ccc(Cl)cc1C)/C=C/c1cccc(C(CCc2ccccc2C(C)(C)O)S(=O)CC2(CC(=O)O)CC2)c1. The summed E-state index contributed by atoms with van der Waals surface area (Å²) in [5.74, 6) is -0.458. The fourth-order valence-electron chi connectivity index (χ4n) is 5.49. The molecule has 0 aliphatic heterocycles. The number of rotatable bonds is 14. The van der Waals surface area contributed by atoms with Gasteiger partial charge in [-0.1, -0.05) is 97.1 Å². The molecule has 2 N–H and O–H groups in total. The first kappa shape index (κ1) is 32.7. The lowest BCUT2D eigenvalue weighted by Crippen LogP contribution is -2.22. The molecule has 2 unspecified atom stereocenters. The molecule has 2 atom stereocenters. The quantitative estimate of drug-likeness (QED) is 0.177. The molecule has 0 amide bonds. The maximum Gasteiger partial charge on any atom is 0.303 e. The third-order valence-electron chi connectivity index (χ3n) is 8.08. The van der Waals surface area contributed by atoms with Crippen molar-refractivity contribution < 1.29 is 19.2 Å². The van der Waals surface area contributed by atoms with E-state index in [2.05, 4.69) is 12.6 Å². The molecule has 1 fully saturated rings. The topological polar surface area (TPSA) is 74.6 Å². The highest BCUT2D eigenvalue weighted by Gasteiger charge is 2.46. The molecule has 43 heavy (non-hydrogen) atoms. The Bertz CT molecular complexity index is 1560. The van der Waals surface area contributed by atoms with Gasteiger partial charge in [0.15, 0.2) is 0 Å². The van der Waals surface area contributed by atoms with Gasteiger partial charge in [0.25, 0.3) is 0 Å². The summed E-state index contributed by atoms with van der Waals surface area (Å²) >= 11 is 6.08. The van der Waals surface area contributed by atoms with Crippen LogP contribution in [-0.2, 0) is 27.6 Å². The lowest BCUT2D eigenvalue weighted by Gasteiger charge is -2.24. The zero-order valence-electron chi connectivity index (χ0n) is 25.2. The summed E-state index contributed by atoms with van der Waals surface area (Å²) in [4.78, 5) is 11.5. The fourth-order valence-corrected chi connectivity index (χ4v) is 7.74. The molecule has 3 aromatic carbocycles. The van der Waals surface area contributed by atoms with Gasteiger partial charge < -0.3 is 10.2 Å². The average molecular weight is 617 g/mol. The lowest BCUT2D eigenvalue weighted by molar-refractivity contribution is -0.138. The van der Waals surface area contributed by atoms with Gasteiger partial charge in [0.2, 0.25) is 0 Å². The number of hydrogen-bond acceptors (Lipinski definition) is 3. The number of allylic oxidation sites excluding steroid dienone is 3. The Balaban J connectivity index is 1.55. The van der Waals surface area contributed by atoms with E-state index in [-0.39, 0.29) is 17.1 Å². The normalized spacial score (nSPS) is 15.9. The number of carbonyl (C=O) groups is 1. The van der Waals surface area contributed by atoms with Gasteiger partial charge in [-0.15, -0.1) is 0 Å². The zero-order chi connectivity index (χ0) is 31.2. The maximum atomic E-state index is 13.9. The third-order valence-corrected chi connectivity index (χ3v) is 10.4. The summed E-state index contributed by atoms with van der Waals surface area (Å²) in [6, 6.07) is 21.7. The van der Waals surface area contributed by atoms with Crippen LogP contribution in [0.1, 0.15) is 78.2 Å². The predicted octanol–water partition coefficient (Wildman–Crippen LogP) is 8.84. The van der Waals surface area contributed by atoms with E-state index in [1.165, 1.54) is 0 Å². The zero-order valence-corrected chi connectivity index (χ0v) is 26.8. The fraction of sp³-hybridized carbons (Fsp3) is 0.324. The van der Waals surface area contributed by atoms with Crippen LogP contribution in [0.5, 0.6) is 0 Å². The van der Waals surface area contributed by atoms with E-state index in [1.54, 1.807) is 13.8 Å². The van der Waals surface area contributed by atoms with Crippen LogP contribution in [0.15, 0.2) is 91.0 Å². The van der Waals surface area contributed by atoms with Crippen LogP contribution in [0.4, 0.5) is 0 Å². The summed E-state index contributed by atoms with van der Waals surface area (Å²) < 4.78 is 13.9. The second-order valence-electron chi connectivity index (χ2n) is 12.3. The van der Waals surface area contributed by atoms with Gasteiger partial charge in [-0.3, -0.25) is 9.00 Å². The standard InChI is InChI=1S/C37H41ClO4S/c1-26(13-15-29-16-18-32(38)22-27(29)2)12-14-28-8-7-10-31(23-28)34(43(42)25-37(20-21-37)24-35(39)40)19-17-30-9-5-6-11-33(30)36(3,4)41/h5-16,18,22-23,34,41H,1,17,19-21,24-25H2,2-4H3,(H,39,40)/b14-12+,15-13-. The number of aliphatic hydroxyl groups is 1. The summed E-state index contributed by atoms with van der Waals surface area (Å²) in [6.45, 7) is 9.74. The molecule has 1 saturated carbocycles. The molecule has 0 bridgehead atoms. The van der Waals surface area contributed by atoms with E-state index in [9.17, 15) is 19.2 Å². The van der Waals surface area contributed by atoms with Gasteiger partial charge in [0.05, 0.1) is 17.3 Å². The Morgan fingerprint density at radius 3 is 2.47 bits per heavy atom. The van der Waals surface area contributed by atoms with E-state index in [4.69, 9.17) is 11.6 Å². The van der Waals surface area contributed by atoms with Crippen molar-refractivity contribution in [2.24, 2.45) is 5.41 Å². The van der Waals surface area contributed by atoms with Crippen LogP contribution < -0.4 is 0 Å². The minimum atomic E-state index is -1.27. The molecule has 0 heterocycles. The minimum absolute atomic E-state index is 0.0565. The number of carboxylic acids is 1. The monoisotopic (exact) mass is 616 g/mol. The van der Waals surface area contributed by atoms with Crippen LogP contribution in [0.3, 0.4) is 0 Å². The van der Waals surface area contributed by atoms with Crippen LogP contribution in [0.2, 0.25) is 5.02 Å². The third kappa shape index (κ3) is 9.37. The molecular weight excluding hydrogens is 576 g/mol. The molecule has 226 valence electrons. The first-order valence-electron chi connectivity index (χ1n) is 14.7. The molecule has 1 aliphatic rings. The number of carboxylic acid groups (broad SMARTS) is 1. The molecule has 0 radical (unpaired) electrons. The summed E-state index contributed by atoms with van der Waals surface area (Å²) in [5.41, 5.74) is 5.48. The molecule has 0 saturated heterocycles. The molecule has 0 aromatic heterocycles. The largest absolute Gasteiger partial charge is 0.481 e. The minimum Gasteiger partial charge on any atom is -0.481 e. The van der Waals surface area contributed by atoms with Gasteiger partial charge in [-0.25, -0.2) is 0 Å². The van der Waals surface area contributed by atoms with Crippen molar-refractivity contribution in [2.75, 3.05) is 5.75 Å². The highest BCUT2D eigenvalue weighted by molar-refractivity contribution is 7.85. The Morgan fingerprint density at radius 1 is 1.07 bits per heavy atom. The van der Waals surface area contributed by atoms with Crippen molar-refractivity contribution in [2.45, 2.75) is 63.7 Å². The van der Waals surface area contributed by atoms with Crippen molar-refractivity contribution in [3.05, 3.63) is 129 Å². The van der Waals surface area contributed by atoms with Gasteiger partial charge in [-0.2, -0.15) is 0 Å². The van der Waals surface area contributed by atoms with Crippen LogP contribution >= 0.6 is 11.6 Å². The van der Waals surface area contributed by atoms with E-state index in [1.807, 2.05) is 91.9 Å². The molecule has 1 aliphatic carbocycles. The van der Waals surface area contributed by atoms with E-state index in [0.717, 1.165) is 51.8 Å². The highest BCUT2D eigenvalue weighted by Crippen LogP contribution is 2.50. The molecule has 0 spiro atoms. The summed E-state index contributed by atoms with van der Waals surface area (Å²) in [6.07, 6.45) is 10.9. The maximum absolute atomic E-state index is 13.9. The Hall–Kier alpha value is -3.25. The van der Waals surface area contributed by atoms with Gasteiger partial charge in [0, 0.05) is 21.6 Å². The number of aliphatic carboxylic acids is 1. The Morgan fingerprint density at radius 2 is 1.79 bits per heavy atom. The molecular formula is C37H41ClO4S. The first-order chi connectivity index (χ1) is 20.3. The number of halogens is 1. The van der Waals surface area contributed by atoms with Crippen molar-refractivity contribution in [1.29, 1.82) is 0 Å². The number of benzene rings is 3. The predicted molar refractivity (Wildman–Crippen MR) is 180 cm³/mol. The average Bonchev–Trinajstić information content (AvgIpc) is 3.69. The first-order valence-corrected chi connectivity index (χ1v) is 16.4. The Labute approximate surface area is 263 Å². The van der Waals surface area contributed by atoms with Gasteiger partial charge >= 0.3 is 5.97 Å². The van der Waals surface area contributed by atoms with Gasteiger partial charge in [0.1, 0.15) is 0 Å². The van der Waals surface area contributed by atoms with Crippen molar-refractivity contribution >= 4 is 40.5 Å². The van der Waals surface area contributed by atoms with Crippen LogP contribution in [0, 0.1) is 12.3 Å². The summed E-state index contributed by atoms with van der Waals surface area (Å²) in [7, 11) is -1.27. The van der Waals surface area contributed by atoms with Crippen molar-refractivity contribution in [3.63, 3.8) is 0 Å². The second-order valence-corrected chi connectivity index (χ2v) is 14.3. The number of aryl methyl sites for hydroxylation is 2. The van der Waals surface area contributed by atoms with Crippen LogP contribution in [-0.4, -0.2) is 26.1 Å². The number of hydrogen-bond donors (Lipinski definition) is 2. The molecule has 3 aromatic rings. The Kier molecular flexibility index (Phi) is 10.7. The molecule has 4 nitrogen and oxygen atoms in total.